The molecule has 3 aliphatic heterocycles. The van der Waals surface area contributed by atoms with Crippen LogP contribution in [0.2, 0.25) is 0 Å². The van der Waals surface area contributed by atoms with Crippen molar-refractivity contribution in [3.8, 4) is 0 Å². The average Bonchev–Trinajstić information content (AvgIpc) is 3.03. The van der Waals surface area contributed by atoms with Gasteiger partial charge in [0.25, 0.3) is 0 Å². The van der Waals surface area contributed by atoms with E-state index >= 15 is 0 Å². The lowest BCUT2D eigenvalue weighted by Crippen LogP contribution is -2.56. The molecule has 4 heterocycles. The van der Waals surface area contributed by atoms with Crippen molar-refractivity contribution < 1.29 is 0 Å². The zero-order valence-corrected chi connectivity index (χ0v) is 18.5. The Balaban J connectivity index is 1.19. The van der Waals surface area contributed by atoms with Gasteiger partial charge in [0, 0.05) is 49.7 Å². The number of likely N-dealkylation sites (tertiary alicyclic amines) is 2. The third-order valence-corrected chi connectivity index (χ3v) is 8.22. The van der Waals surface area contributed by atoms with Gasteiger partial charge in [-0.25, -0.2) is 9.97 Å². The van der Waals surface area contributed by atoms with Crippen molar-refractivity contribution in [3.63, 3.8) is 0 Å². The highest BCUT2D eigenvalue weighted by atomic mass is 15.4. The van der Waals surface area contributed by atoms with E-state index in [0.29, 0.717) is 24.0 Å². The predicted octanol–water partition coefficient (Wildman–Crippen LogP) is 4.05. The van der Waals surface area contributed by atoms with Gasteiger partial charge in [0.05, 0.1) is 0 Å². The summed E-state index contributed by atoms with van der Waals surface area (Å²) < 4.78 is 0. The molecule has 4 fully saturated rings. The van der Waals surface area contributed by atoms with Crippen LogP contribution in [-0.4, -0.2) is 70.1 Å². The van der Waals surface area contributed by atoms with E-state index < -0.39 is 0 Å². The van der Waals surface area contributed by atoms with Crippen LogP contribution in [0.3, 0.4) is 0 Å². The summed E-state index contributed by atoms with van der Waals surface area (Å²) in [5.41, 5.74) is 1.37. The SMILES string of the molecule is CC(C)N1CC2CCC(C1)N2c1ncc(C2CCN(C3CCCCC3)CC2)cn1. The first-order valence-electron chi connectivity index (χ1n) is 12.3. The molecule has 160 valence electrons. The molecular weight excluding hydrogens is 358 g/mol. The lowest BCUT2D eigenvalue weighted by Gasteiger charge is -2.43. The Morgan fingerprint density at radius 1 is 0.793 bits per heavy atom. The summed E-state index contributed by atoms with van der Waals surface area (Å²) in [5.74, 6) is 1.63. The van der Waals surface area contributed by atoms with E-state index in [1.54, 1.807) is 0 Å². The molecule has 3 saturated heterocycles. The van der Waals surface area contributed by atoms with Gasteiger partial charge >= 0.3 is 0 Å². The predicted molar refractivity (Wildman–Crippen MR) is 118 cm³/mol. The molecule has 1 saturated carbocycles. The van der Waals surface area contributed by atoms with E-state index in [-0.39, 0.29) is 0 Å². The number of piperazine rings is 1. The number of nitrogens with zero attached hydrogens (tertiary/aromatic N) is 5. The van der Waals surface area contributed by atoms with Gasteiger partial charge < -0.3 is 9.80 Å². The smallest absolute Gasteiger partial charge is 0.225 e. The Morgan fingerprint density at radius 2 is 1.41 bits per heavy atom. The van der Waals surface area contributed by atoms with Gasteiger partial charge in [-0.15, -0.1) is 0 Å². The standard InChI is InChI=1S/C24H39N5/c1-18(2)28-16-22-8-9-23(17-28)29(22)24-25-14-20(15-26-24)19-10-12-27(13-11-19)21-6-4-3-5-7-21/h14-15,18-19,21-23H,3-13,16-17H2,1-2H3. The molecule has 0 spiro atoms. The monoisotopic (exact) mass is 397 g/mol. The van der Waals surface area contributed by atoms with Gasteiger partial charge in [0.15, 0.2) is 0 Å². The van der Waals surface area contributed by atoms with Crippen molar-refractivity contribution >= 4 is 5.95 Å². The van der Waals surface area contributed by atoms with Gasteiger partial charge in [0.2, 0.25) is 5.95 Å². The second-order valence-corrected chi connectivity index (χ2v) is 10.3. The van der Waals surface area contributed by atoms with Crippen LogP contribution in [0.5, 0.6) is 0 Å². The molecule has 0 amide bonds. The summed E-state index contributed by atoms with van der Waals surface area (Å²) >= 11 is 0. The van der Waals surface area contributed by atoms with Crippen LogP contribution in [-0.2, 0) is 0 Å². The number of fused-ring (bicyclic) bond motifs is 2. The lowest BCUT2D eigenvalue weighted by molar-refractivity contribution is 0.122. The molecule has 0 radical (unpaired) electrons. The lowest BCUT2D eigenvalue weighted by atomic mass is 9.88. The maximum atomic E-state index is 4.88. The summed E-state index contributed by atoms with van der Waals surface area (Å²) in [7, 11) is 0. The van der Waals surface area contributed by atoms with Crippen molar-refractivity contribution in [1.29, 1.82) is 0 Å². The van der Waals surface area contributed by atoms with E-state index in [1.807, 2.05) is 0 Å². The van der Waals surface area contributed by atoms with Crippen molar-refractivity contribution in [2.45, 2.75) is 102 Å². The van der Waals surface area contributed by atoms with Crippen LogP contribution in [0.15, 0.2) is 12.4 Å². The fraction of sp³-hybridized carbons (Fsp3) is 0.833. The first-order chi connectivity index (χ1) is 14.2. The number of piperidine rings is 1. The van der Waals surface area contributed by atoms with Crippen LogP contribution >= 0.6 is 0 Å². The fourth-order valence-corrected chi connectivity index (χ4v) is 6.40. The molecule has 5 heteroatoms. The molecule has 2 bridgehead atoms. The first-order valence-corrected chi connectivity index (χ1v) is 12.3. The van der Waals surface area contributed by atoms with Crippen molar-refractivity contribution in [2.75, 3.05) is 31.1 Å². The Hall–Kier alpha value is -1.20. The van der Waals surface area contributed by atoms with E-state index in [4.69, 9.17) is 9.97 Å². The second-order valence-electron chi connectivity index (χ2n) is 10.3. The van der Waals surface area contributed by atoms with Gasteiger partial charge in [-0.2, -0.15) is 0 Å². The Kier molecular flexibility index (Phi) is 5.79. The summed E-state index contributed by atoms with van der Waals surface area (Å²) in [5, 5.41) is 0. The molecule has 1 aliphatic carbocycles. The molecule has 29 heavy (non-hydrogen) atoms. The minimum Gasteiger partial charge on any atom is -0.332 e. The number of aromatic nitrogens is 2. The van der Waals surface area contributed by atoms with Crippen molar-refractivity contribution in [3.05, 3.63) is 18.0 Å². The van der Waals surface area contributed by atoms with Crippen LogP contribution < -0.4 is 4.90 Å². The molecule has 4 aliphatic rings. The molecule has 0 N–H and O–H groups in total. The van der Waals surface area contributed by atoms with Gasteiger partial charge in [-0.1, -0.05) is 19.3 Å². The zero-order chi connectivity index (χ0) is 19.8. The van der Waals surface area contributed by atoms with E-state index in [0.717, 1.165) is 12.0 Å². The highest BCUT2D eigenvalue weighted by Gasteiger charge is 2.41. The fourth-order valence-electron chi connectivity index (χ4n) is 6.40. The van der Waals surface area contributed by atoms with Crippen molar-refractivity contribution in [1.82, 2.24) is 19.8 Å². The average molecular weight is 398 g/mol. The van der Waals surface area contributed by atoms with E-state index in [9.17, 15) is 0 Å². The molecule has 1 aromatic heterocycles. The summed E-state index contributed by atoms with van der Waals surface area (Å²) in [6.07, 6.45) is 16.6. The third kappa shape index (κ3) is 4.05. The largest absolute Gasteiger partial charge is 0.332 e. The summed E-state index contributed by atoms with van der Waals surface area (Å²) in [6.45, 7) is 9.49. The highest BCUT2D eigenvalue weighted by Crippen LogP contribution is 2.35. The normalized spacial score (nSPS) is 30.4. The van der Waals surface area contributed by atoms with E-state index in [1.165, 1.54) is 89.5 Å². The number of anilines is 1. The highest BCUT2D eigenvalue weighted by molar-refractivity contribution is 5.38. The van der Waals surface area contributed by atoms with Crippen LogP contribution in [0.4, 0.5) is 5.95 Å². The molecule has 5 rings (SSSR count). The molecular formula is C24H39N5. The topological polar surface area (TPSA) is 35.5 Å². The Bertz CT molecular complexity index is 646. The number of hydrogen-bond donors (Lipinski definition) is 0. The maximum absolute atomic E-state index is 4.88. The molecule has 0 aromatic carbocycles. The maximum Gasteiger partial charge on any atom is 0.225 e. The second kappa shape index (κ2) is 8.50. The Labute approximate surface area is 176 Å². The molecule has 5 nitrogen and oxygen atoms in total. The molecule has 2 atom stereocenters. The van der Waals surface area contributed by atoms with Crippen molar-refractivity contribution in [2.24, 2.45) is 0 Å². The van der Waals surface area contributed by atoms with Gasteiger partial charge in [-0.3, -0.25) is 4.90 Å². The van der Waals surface area contributed by atoms with Gasteiger partial charge in [0.1, 0.15) is 0 Å². The summed E-state index contributed by atoms with van der Waals surface area (Å²) in [4.78, 5) is 17.7. The summed E-state index contributed by atoms with van der Waals surface area (Å²) in [6, 6.07) is 2.70. The number of hydrogen-bond acceptors (Lipinski definition) is 5. The zero-order valence-electron chi connectivity index (χ0n) is 18.5. The molecule has 1 aromatic rings. The van der Waals surface area contributed by atoms with Crippen LogP contribution in [0, 0.1) is 0 Å². The third-order valence-electron chi connectivity index (χ3n) is 8.22. The minimum atomic E-state index is 0.598. The molecule has 2 unspecified atom stereocenters. The first kappa shape index (κ1) is 19.7. The minimum absolute atomic E-state index is 0.598. The van der Waals surface area contributed by atoms with Crippen LogP contribution in [0.1, 0.15) is 83.1 Å². The van der Waals surface area contributed by atoms with E-state index in [2.05, 4.69) is 40.9 Å². The quantitative estimate of drug-likeness (QED) is 0.766. The van der Waals surface area contributed by atoms with Crippen LogP contribution in [0.25, 0.3) is 0 Å². The van der Waals surface area contributed by atoms with Gasteiger partial charge in [-0.05, 0) is 76.9 Å². The Morgan fingerprint density at radius 3 is 2.00 bits per heavy atom. The number of rotatable bonds is 4.